The highest BCUT2D eigenvalue weighted by molar-refractivity contribution is 5.66. The van der Waals surface area contributed by atoms with Gasteiger partial charge in [0.25, 0.3) is 5.89 Å². The summed E-state index contributed by atoms with van der Waals surface area (Å²) in [6.07, 6.45) is 0.977. The molecule has 1 aliphatic carbocycles. The molecule has 2 aromatic carbocycles. The Kier molecular flexibility index (Phi) is 2.57. The first-order valence-electron chi connectivity index (χ1n) is 7.01. The molecule has 0 bridgehead atoms. The fourth-order valence-corrected chi connectivity index (χ4v) is 2.86. The summed E-state index contributed by atoms with van der Waals surface area (Å²) >= 11 is 0. The van der Waals surface area contributed by atoms with Gasteiger partial charge >= 0.3 is 0 Å². The molecule has 0 spiro atoms. The minimum atomic E-state index is 0.250. The number of hydrogen-bond acceptors (Lipinski definition) is 4. The van der Waals surface area contributed by atoms with Crippen molar-refractivity contribution in [1.82, 2.24) is 10.1 Å². The first-order chi connectivity index (χ1) is 10.2. The molecule has 104 valence electrons. The number of benzene rings is 2. The van der Waals surface area contributed by atoms with Gasteiger partial charge in [-0.1, -0.05) is 35.5 Å². The van der Waals surface area contributed by atoms with Crippen molar-refractivity contribution >= 4 is 5.69 Å². The topological polar surface area (TPSA) is 64.9 Å². The summed E-state index contributed by atoms with van der Waals surface area (Å²) < 4.78 is 5.44. The molecular weight excluding hydrogens is 262 g/mol. The van der Waals surface area contributed by atoms with Gasteiger partial charge in [0.05, 0.1) is 5.92 Å². The van der Waals surface area contributed by atoms with E-state index >= 15 is 0 Å². The van der Waals surface area contributed by atoms with Gasteiger partial charge < -0.3 is 10.3 Å². The van der Waals surface area contributed by atoms with E-state index in [1.54, 1.807) is 0 Å². The lowest BCUT2D eigenvalue weighted by molar-refractivity contribution is 0.416. The van der Waals surface area contributed by atoms with Crippen LogP contribution in [-0.2, 0) is 6.42 Å². The third-order valence-electron chi connectivity index (χ3n) is 4.21. The zero-order valence-corrected chi connectivity index (χ0v) is 11.7. The molecule has 1 aliphatic rings. The molecule has 0 amide bonds. The van der Waals surface area contributed by atoms with Crippen LogP contribution >= 0.6 is 0 Å². The van der Waals surface area contributed by atoms with Crippen molar-refractivity contribution in [2.75, 3.05) is 5.73 Å². The van der Waals surface area contributed by atoms with Crippen LogP contribution in [0.2, 0.25) is 0 Å². The maximum atomic E-state index is 5.94. The van der Waals surface area contributed by atoms with Gasteiger partial charge in [-0.3, -0.25) is 0 Å². The lowest BCUT2D eigenvalue weighted by Crippen LogP contribution is -2.19. The third kappa shape index (κ3) is 1.83. The number of fused-ring (bicyclic) bond motifs is 1. The predicted octanol–water partition coefficient (Wildman–Crippen LogP) is 3.32. The van der Waals surface area contributed by atoms with Crippen LogP contribution in [0.4, 0.5) is 5.69 Å². The van der Waals surface area contributed by atoms with Crippen LogP contribution < -0.4 is 5.73 Å². The molecular formula is C17H15N3O. The lowest BCUT2D eigenvalue weighted by Gasteiger charge is -2.27. The number of nitrogen functional groups attached to an aromatic ring is 1. The average molecular weight is 277 g/mol. The summed E-state index contributed by atoms with van der Waals surface area (Å²) in [4.78, 5) is 4.57. The Morgan fingerprint density at radius 2 is 2.00 bits per heavy atom. The van der Waals surface area contributed by atoms with Crippen molar-refractivity contribution in [1.29, 1.82) is 0 Å². The number of aromatic nitrogens is 2. The molecule has 0 fully saturated rings. The van der Waals surface area contributed by atoms with Gasteiger partial charge in [0.2, 0.25) is 0 Å². The fourth-order valence-electron chi connectivity index (χ4n) is 2.86. The van der Waals surface area contributed by atoms with Crippen molar-refractivity contribution in [3.63, 3.8) is 0 Å². The van der Waals surface area contributed by atoms with Gasteiger partial charge in [-0.15, -0.1) is 0 Å². The molecule has 0 radical (unpaired) electrons. The molecule has 0 aliphatic heterocycles. The summed E-state index contributed by atoms with van der Waals surface area (Å²) in [6.45, 7) is 1.97. The largest absolute Gasteiger partial charge is 0.398 e. The minimum Gasteiger partial charge on any atom is -0.398 e. The van der Waals surface area contributed by atoms with E-state index in [0.717, 1.165) is 29.1 Å². The van der Waals surface area contributed by atoms with Crippen LogP contribution in [0.1, 0.15) is 28.4 Å². The monoisotopic (exact) mass is 277 g/mol. The number of rotatable bonds is 2. The van der Waals surface area contributed by atoms with E-state index in [1.807, 2.05) is 31.2 Å². The highest BCUT2D eigenvalue weighted by Crippen LogP contribution is 2.39. The first kappa shape index (κ1) is 12.1. The van der Waals surface area contributed by atoms with Gasteiger partial charge in [-0.2, -0.15) is 4.98 Å². The van der Waals surface area contributed by atoms with Gasteiger partial charge in [-0.25, -0.2) is 0 Å². The van der Waals surface area contributed by atoms with Crippen LogP contribution in [0.3, 0.4) is 0 Å². The maximum absolute atomic E-state index is 5.94. The molecule has 2 N–H and O–H groups in total. The molecule has 1 aromatic heterocycles. The second kappa shape index (κ2) is 4.45. The van der Waals surface area contributed by atoms with Gasteiger partial charge in [0, 0.05) is 11.3 Å². The summed E-state index contributed by atoms with van der Waals surface area (Å²) in [7, 11) is 0. The summed E-state index contributed by atoms with van der Waals surface area (Å²) in [5.41, 5.74) is 11.2. The van der Waals surface area contributed by atoms with E-state index in [-0.39, 0.29) is 5.92 Å². The van der Waals surface area contributed by atoms with Crippen LogP contribution in [0, 0.1) is 6.92 Å². The SMILES string of the molecule is Cc1c(N)cccc1-c1nc(C2Cc3ccccc32)no1. The Balaban J connectivity index is 1.70. The van der Waals surface area contributed by atoms with Crippen LogP contribution in [-0.4, -0.2) is 10.1 Å². The molecule has 1 unspecified atom stereocenters. The molecule has 4 nitrogen and oxygen atoms in total. The maximum Gasteiger partial charge on any atom is 0.258 e. The van der Waals surface area contributed by atoms with E-state index < -0.39 is 0 Å². The molecule has 0 saturated heterocycles. The minimum absolute atomic E-state index is 0.250. The fraction of sp³-hybridized carbons (Fsp3) is 0.176. The smallest absolute Gasteiger partial charge is 0.258 e. The third-order valence-corrected chi connectivity index (χ3v) is 4.21. The standard InChI is InChI=1S/C17H15N3O/c1-10-12(7-4-8-15(10)18)17-19-16(20-21-17)14-9-11-5-2-3-6-13(11)14/h2-8,14H,9,18H2,1H3. The van der Waals surface area contributed by atoms with Crippen LogP contribution in [0.25, 0.3) is 11.5 Å². The molecule has 4 heteroatoms. The Bertz CT molecular complexity index is 822. The highest BCUT2D eigenvalue weighted by Gasteiger charge is 2.31. The van der Waals surface area contributed by atoms with E-state index in [0.29, 0.717) is 5.89 Å². The summed E-state index contributed by atoms with van der Waals surface area (Å²) in [5.74, 6) is 1.55. The first-order valence-corrected chi connectivity index (χ1v) is 7.01. The highest BCUT2D eigenvalue weighted by atomic mass is 16.5. The number of anilines is 1. The predicted molar refractivity (Wildman–Crippen MR) is 80.9 cm³/mol. The molecule has 21 heavy (non-hydrogen) atoms. The van der Waals surface area contributed by atoms with Gasteiger partial charge in [0.1, 0.15) is 0 Å². The number of nitrogens with zero attached hydrogens (tertiary/aromatic N) is 2. The summed E-state index contributed by atoms with van der Waals surface area (Å²) in [5, 5.41) is 4.16. The van der Waals surface area contributed by atoms with Crippen molar-refractivity contribution in [3.8, 4) is 11.5 Å². The Labute approximate surface area is 122 Å². The van der Waals surface area contributed by atoms with Crippen LogP contribution in [0.5, 0.6) is 0 Å². The van der Waals surface area contributed by atoms with E-state index in [9.17, 15) is 0 Å². The van der Waals surface area contributed by atoms with Crippen molar-refractivity contribution < 1.29 is 4.52 Å². The quantitative estimate of drug-likeness (QED) is 0.730. The Hall–Kier alpha value is -2.62. The normalized spacial score (nSPS) is 16.3. The number of nitrogens with two attached hydrogens (primary N) is 1. The Morgan fingerprint density at radius 1 is 1.14 bits per heavy atom. The molecule has 3 aromatic rings. The summed E-state index contributed by atoms with van der Waals surface area (Å²) in [6, 6.07) is 14.1. The van der Waals surface area contributed by atoms with Gasteiger partial charge in [-0.05, 0) is 42.2 Å². The Morgan fingerprint density at radius 3 is 2.86 bits per heavy atom. The van der Waals surface area contributed by atoms with E-state index in [1.165, 1.54) is 11.1 Å². The van der Waals surface area contributed by atoms with Crippen LogP contribution in [0.15, 0.2) is 47.0 Å². The molecule has 0 saturated carbocycles. The zero-order chi connectivity index (χ0) is 14.4. The van der Waals surface area contributed by atoms with E-state index in [4.69, 9.17) is 10.3 Å². The number of hydrogen-bond donors (Lipinski definition) is 1. The van der Waals surface area contributed by atoms with Crippen molar-refractivity contribution in [2.24, 2.45) is 0 Å². The average Bonchev–Trinajstić information content (AvgIpc) is 2.92. The lowest BCUT2D eigenvalue weighted by atomic mass is 9.77. The van der Waals surface area contributed by atoms with Gasteiger partial charge in [0.15, 0.2) is 5.82 Å². The molecule has 1 heterocycles. The van der Waals surface area contributed by atoms with Crippen molar-refractivity contribution in [3.05, 3.63) is 65.0 Å². The molecule has 1 atom stereocenters. The molecule has 4 rings (SSSR count). The second-order valence-electron chi connectivity index (χ2n) is 5.43. The van der Waals surface area contributed by atoms with E-state index in [2.05, 4.69) is 28.3 Å². The van der Waals surface area contributed by atoms with Crippen molar-refractivity contribution in [2.45, 2.75) is 19.3 Å². The second-order valence-corrected chi connectivity index (χ2v) is 5.43. The zero-order valence-electron chi connectivity index (χ0n) is 11.7.